The molecule has 2 aliphatic heterocycles. The minimum atomic E-state index is -0.0624. The van der Waals surface area contributed by atoms with E-state index in [1.54, 1.807) is 0 Å². The molecular weight excluding hydrogens is 880 g/mol. The van der Waals surface area contributed by atoms with Crippen molar-refractivity contribution in [3.8, 4) is 11.4 Å². The van der Waals surface area contributed by atoms with Gasteiger partial charge in [0.05, 0.1) is 27.8 Å². The van der Waals surface area contributed by atoms with Crippen LogP contribution in [0.3, 0.4) is 0 Å². The maximum Gasteiger partial charge on any atom is 0.267 e. The molecule has 6 heteroatoms. The molecule has 0 spiro atoms. The van der Waals surface area contributed by atoms with Crippen LogP contribution in [0.4, 0.5) is 17.1 Å². The molecule has 15 rings (SSSR count). The normalized spacial score (nSPS) is 13.5. The topological polar surface area (TPSA) is 18.0 Å². The average molecular weight is 931 g/mol. The third-order valence-corrected chi connectivity index (χ3v) is 17.2. The van der Waals surface area contributed by atoms with Gasteiger partial charge >= 0.3 is 0 Å². The summed E-state index contributed by atoms with van der Waals surface area (Å²) in [5.41, 5.74) is 20.4. The summed E-state index contributed by atoms with van der Waals surface area (Å²) in [5.74, 6) is 0. The first-order valence-corrected chi connectivity index (χ1v) is 26.0. The van der Waals surface area contributed by atoms with Gasteiger partial charge in [0.15, 0.2) is 0 Å². The molecule has 4 aromatic heterocycles. The second-order valence-corrected chi connectivity index (χ2v) is 23.2. The summed E-state index contributed by atoms with van der Waals surface area (Å²) in [5, 5.41) is 9.04. The molecule has 0 amide bonds. The van der Waals surface area contributed by atoms with Crippen molar-refractivity contribution in [2.75, 3.05) is 4.90 Å². The lowest BCUT2D eigenvalue weighted by molar-refractivity contribution is 0.590. The van der Waals surface area contributed by atoms with E-state index in [4.69, 9.17) is 0 Å². The first-order chi connectivity index (χ1) is 34.5. The highest BCUT2D eigenvalue weighted by Crippen LogP contribution is 2.49. The van der Waals surface area contributed by atoms with Gasteiger partial charge in [-0.2, -0.15) is 0 Å². The minimum Gasteiger partial charge on any atom is -0.336 e. The highest BCUT2D eigenvalue weighted by Gasteiger charge is 2.46. The van der Waals surface area contributed by atoms with Gasteiger partial charge in [-0.1, -0.05) is 151 Å². The van der Waals surface area contributed by atoms with Gasteiger partial charge in [-0.15, -0.1) is 11.3 Å². The molecule has 2 aliphatic rings. The molecule has 0 saturated heterocycles. The molecule has 0 unspecified atom stereocenters. The van der Waals surface area contributed by atoms with Crippen molar-refractivity contribution >= 4 is 126 Å². The standard InChI is InChI=1S/C65H51BN4S/c1-64(2,3)40-28-31-43(32-29-40)69-55-34-39(38-67-51-24-14-10-20-44(51)45-21-11-15-25-52(45)67)35-56-58(55)66(63-62(69)50-36-41(65(4,5)6)30-33-57(50)71-63)59-60-48(37-49-47-23-13-17-27-54(47)70(56)61(49)59)46-22-12-16-26-53(46)68(60)42-18-8-7-9-19-42/h7-37H,38H2,1-6H3. The summed E-state index contributed by atoms with van der Waals surface area (Å²) in [6, 6.07) is 71.6. The Labute approximate surface area is 417 Å². The summed E-state index contributed by atoms with van der Waals surface area (Å²) >= 11 is 1.99. The predicted octanol–water partition coefficient (Wildman–Crippen LogP) is 15.5. The van der Waals surface area contributed by atoms with Crippen molar-refractivity contribution in [3.05, 3.63) is 205 Å². The number of para-hydroxylation sites is 5. The van der Waals surface area contributed by atoms with Crippen molar-refractivity contribution < 1.29 is 0 Å². The molecular formula is C65H51BN4S. The van der Waals surface area contributed by atoms with E-state index >= 15 is 0 Å². The number of hydrogen-bond donors (Lipinski definition) is 0. The summed E-state index contributed by atoms with van der Waals surface area (Å²) in [6.45, 7) is 14.6. The minimum absolute atomic E-state index is 0.0158. The van der Waals surface area contributed by atoms with Crippen LogP contribution in [-0.4, -0.2) is 20.4 Å². The second kappa shape index (κ2) is 14.4. The van der Waals surface area contributed by atoms with E-state index in [0.717, 1.165) is 6.54 Å². The van der Waals surface area contributed by atoms with Crippen molar-refractivity contribution in [2.45, 2.75) is 58.9 Å². The number of benzene rings is 9. The Hall–Kier alpha value is -7.80. The summed E-state index contributed by atoms with van der Waals surface area (Å²) in [4.78, 5) is 2.67. The Morgan fingerprint density at radius 2 is 0.944 bits per heavy atom. The van der Waals surface area contributed by atoms with Gasteiger partial charge in [-0.05, 0) is 117 Å². The molecule has 340 valence electrons. The Morgan fingerprint density at radius 3 is 1.56 bits per heavy atom. The first-order valence-electron chi connectivity index (χ1n) is 25.2. The lowest BCUT2D eigenvalue weighted by Crippen LogP contribution is -2.60. The van der Waals surface area contributed by atoms with Gasteiger partial charge in [0.2, 0.25) is 0 Å². The van der Waals surface area contributed by atoms with Crippen molar-refractivity contribution in [3.63, 3.8) is 0 Å². The van der Waals surface area contributed by atoms with Gasteiger partial charge in [0.1, 0.15) is 0 Å². The van der Waals surface area contributed by atoms with E-state index in [-0.39, 0.29) is 17.5 Å². The molecule has 0 N–H and O–H groups in total. The molecule has 0 atom stereocenters. The van der Waals surface area contributed by atoms with E-state index < -0.39 is 0 Å². The zero-order valence-corrected chi connectivity index (χ0v) is 41.7. The van der Waals surface area contributed by atoms with Crippen LogP contribution in [0.25, 0.3) is 86.9 Å². The van der Waals surface area contributed by atoms with Gasteiger partial charge in [0, 0.05) is 87.5 Å². The number of aromatic nitrogens is 3. The zero-order valence-electron chi connectivity index (χ0n) is 40.9. The maximum absolute atomic E-state index is 2.67. The average Bonchev–Trinajstić information content (AvgIpc) is 4.13. The van der Waals surface area contributed by atoms with Gasteiger partial charge in [-0.3, -0.25) is 0 Å². The van der Waals surface area contributed by atoms with E-state index in [9.17, 15) is 0 Å². The van der Waals surface area contributed by atoms with Crippen LogP contribution >= 0.6 is 11.3 Å². The Morgan fingerprint density at radius 1 is 0.423 bits per heavy atom. The molecule has 9 aromatic carbocycles. The van der Waals surface area contributed by atoms with E-state index in [0.29, 0.717) is 0 Å². The summed E-state index contributed by atoms with van der Waals surface area (Å²) < 4.78 is 10.5. The first kappa shape index (κ1) is 41.0. The molecule has 4 nitrogen and oxygen atoms in total. The Bertz CT molecular complexity index is 4340. The largest absolute Gasteiger partial charge is 0.336 e. The number of nitrogens with zero attached hydrogens (tertiary/aromatic N) is 4. The van der Waals surface area contributed by atoms with Crippen molar-refractivity contribution in [2.24, 2.45) is 0 Å². The fourth-order valence-corrected chi connectivity index (χ4v) is 14.0. The van der Waals surface area contributed by atoms with E-state index in [1.807, 2.05) is 11.3 Å². The lowest BCUT2D eigenvalue weighted by atomic mass is 9.36. The predicted molar refractivity (Wildman–Crippen MR) is 306 cm³/mol. The number of thiophene rings is 1. The fourth-order valence-electron chi connectivity index (χ4n) is 12.7. The van der Waals surface area contributed by atoms with Crippen molar-refractivity contribution in [1.82, 2.24) is 13.7 Å². The van der Waals surface area contributed by atoms with E-state index in [2.05, 4.69) is 248 Å². The third kappa shape index (κ3) is 5.68. The highest BCUT2D eigenvalue weighted by molar-refractivity contribution is 7.34. The van der Waals surface area contributed by atoms with Gasteiger partial charge in [-0.25, -0.2) is 0 Å². The smallest absolute Gasteiger partial charge is 0.267 e. The number of anilines is 3. The third-order valence-electron chi connectivity index (χ3n) is 15.9. The second-order valence-electron chi connectivity index (χ2n) is 22.1. The lowest BCUT2D eigenvalue weighted by Gasteiger charge is -2.40. The quantitative estimate of drug-likeness (QED) is 0.161. The molecule has 6 heterocycles. The van der Waals surface area contributed by atoms with Crippen LogP contribution in [0, 0.1) is 0 Å². The van der Waals surface area contributed by atoms with Gasteiger partial charge in [0.25, 0.3) is 6.71 Å². The summed E-state index contributed by atoms with van der Waals surface area (Å²) in [7, 11) is 0. The molecule has 71 heavy (non-hydrogen) atoms. The van der Waals surface area contributed by atoms with Crippen LogP contribution in [0.1, 0.15) is 58.2 Å². The number of rotatable bonds is 4. The highest BCUT2D eigenvalue weighted by atomic mass is 32.1. The van der Waals surface area contributed by atoms with Crippen molar-refractivity contribution in [1.29, 1.82) is 0 Å². The Kier molecular flexibility index (Phi) is 8.32. The van der Waals surface area contributed by atoms with Crippen LogP contribution in [0.15, 0.2) is 188 Å². The monoisotopic (exact) mass is 930 g/mol. The van der Waals surface area contributed by atoms with Gasteiger partial charge < -0.3 is 18.6 Å². The molecule has 0 saturated carbocycles. The molecule has 0 radical (unpaired) electrons. The van der Waals surface area contributed by atoms with Crippen LogP contribution in [0.2, 0.25) is 0 Å². The zero-order chi connectivity index (χ0) is 47.7. The summed E-state index contributed by atoms with van der Waals surface area (Å²) in [6.07, 6.45) is 0. The number of hydrogen-bond acceptors (Lipinski definition) is 2. The maximum atomic E-state index is 2.67. The number of fused-ring (bicyclic) bond motifs is 16. The molecule has 0 fully saturated rings. The Balaban J connectivity index is 1.14. The molecule has 0 bridgehead atoms. The molecule has 0 aliphatic carbocycles. The SMILES string of the molecule is CC(C)(C)c1ccc(N2c3cc(Cn4c5ccccc5c5ccccc54)cc4c3B(c3sc5ccc(C(C)(C)C)cc5c32)c2c3c(cc5c6ccccc6n-4c25)c2ccccc2n3-c2ccccc2)cc1. The molecule has 13 aromatic rings. The fraction of sp³-hybridized carbons (Fsp3) is 0.138. The van der Waals surface area contributed by atoms with Crippen LogP contribution in [-0.2, 0) is 17.4 Å². The van der Waals surface area contributed by atoms with E-state index in [1.165, 1.54) is 136 Å². The van der Waals surface area contributed by atoms with Crippen LogP contribution < -0.4 is 20.6 Å². The van der Waals surface area contributed by atoms with Crippen LogP contribution in [0.5, 0.6) is 0 Å².